The molecule has 7 heteroatoms. The predicted octanol–water partition coefficient (Wildman–Crippen LogP) is 1.91. The summed E-state index contributed by atoms with van der Waals surface area (Å²) in [4.78, 5) is 12.0. The number of ether oxygens (including phenoxy) is 1. The van der Waals surface area contributed by atoms with Crippen molar-refractivity contribution in [2.24, 2.45) is 0 Å². The Bertz CT molecular complexity index is 803. The quantitative estimate of drug-likeness (QED) is 0.749. The van der Waals surface area contributed by atoms with Crippen LogP contribution in [0.4, 0.5) is 5.69 Å². The van der Waals surface area contributed by atoms with Crippen LogP contribution in [0.15, 0.2) is 54.9 Å². The molecule has 0 aliphatic heterocycles. The first kappa shape index (κ1) is 15.7. The highest BCUT2D eigenvalue weighted by atomic mass is 16.5. The number of tetrazole rings is 1. The molecule has 0 radical (unpaired) electrons. The summed E-state index contributed by atoms with van der Waals surface area (Å²) >= 11 is 0. The van der Waals surface area contributed by atoms with Crippen LogP contribution < -0.4 is 10.1 Å². The second-order valence-electron chi connectivity index (χ2n) is 5.24. The van der Waals surface area contributed by atoms with E-state index >= 15 is 0 Å². The molecule has 0 atom stereocenters. The van der Waals surface area contributed by atoms with Crippen LogP contribution in [0.3, 0.4) is 0 Å². The van der Waals surface area contributed by atoms with Crippen molar-refractivity contribution in [2.45, 2.75) is 13.0 Å². The standard InChI is InChI=1S/C17H17N5O2/c1-24-16-8-7-15(19-17(23)11-22-12-18-20-21-22)10-14(16)9-13-5-3-2-4-6-13/h2-8,10,12H,9,11H2,1H3,(H,19,23). The first-order chi connectivity index (χ1) is 11.7. The van der Waals surface area contributed by atoms with Gasteiger partial charge in [-0.2, -0.15) is 0 Å². The highest BCUT2D eigenvalue weighted by Crippen LogP contribution is 2.25. The topological polar surface area (TPSA) is 81.9 Å². The third-order valence-corrected chi connectivity index (χ3v) is 3.50. The Hall–Kier alpha value is -3.22. The summed E-state index contributed by atoms with van der Waals surface area (Å²) < 4.78 is 6.78. The Morgan fingerprint density at radius 1 is 1.21 bits per heavy atom. The van der Waals surface area contributed by atoms with Gasteiger partial charge in [0.05, 0.1) is 7.11 Å². The lowest BCUT2D eigenvalue weighted by Gasteiger charge is -2.12. The molecule has 1 amide bonds. The normalized spacial score (nSPS) is 10.4. The molecule has 0 unspecified atom stereocenters. The number of nitrogens with zero attached hydrogens (tertiary/aromatic N) is 4. The summed E-state index contributed by atoms with van der Waals surface area (Å²) in [6.07, 6.45) is 2.12. The summed E-state index contributed by atoms with van der Waals surface area (Å²) in [6.45, 7) is 0.0625. The lowest BCUT2D eigenvalue weighted by molar-refractivity contribution is -0.116. The van der Waals surface area contributed by atoms with Crippen LogP contribution in [0.2, 0.25) is 0 Å². The predicted molar refractivity (Wildman–Crippen MR) is 88.7 cm³/mol. The molecule has 3 rings (SSSR count). The van der Waals surface area contributed by atoms with Crippen LogP contribution >= 0.6 is 0 Å². The van der Waals surface area contributed by atoms with Crippen molar-refractivity contribution in [1.82, 2.24) is 20.2 Å². The van der Waals surface area contributed by atoms with Gasteiger partial charge in [-0.1, -0.05) is 30.3 Å². The Morgan fingerprint density at radius 3 is 2.75 bits per heavy atom. The van der Waals surface area contributed by atoms with Gasteiger partial charge in [0.25, 0.3) is 0 Å². The average Bonchev–Trinajstić information content (AvgIpc) is 3.09. The number of methoxy groups -OCH3 is 1. The molecule has 0 fully saturated rings. The van der Waals surface area contributed by atoms with Crippen molar-refractivity contribution in [1.29, 1.82) is 0 Å². The molecular weight excluding hydrogens is 306 g/mol. The summed E-state index contributed by atoms with van der Waals surface area (Å²) in [5.74, 6) is 0.593. The van der Waals surface area contributed by atoms with Gasteiger partial charge < -0.3 is 10.1 Å². The smallest absolute Gasteiger partial charge is 0.246 e. The number of amides is 1. The molecule has 0 bridgehead atoms. The zero-order chi connectivity index (χ0) is 16.8. The molecule has 24 heavy (non-hydrogen) atoms. The molecule has 7 nitrogen and oxygen atoms in total. The fourth-order valence-corrected chi connectivity index (χ4v) is 2.41. The van der Waals surface area contributed by atoms with Crippen LogP contribution in [0.5, 0.6) is 5.75 Å². The monoisotopic (exact) mass is 323 g/mol. The van der Waals surface area contributed by atoms with E-state index in [1.165, 1.54) is 16.6 Å². The van der Waals surface area contributed by atoms with Gasteiger partial charge in [0.15, 0.2) is 0 Å². The van der Waals surface area contributed by atoms with E-state index in [-0.39, 0.29) is 12.5 Å². The molecule has 0 aliphatic carbocycles. The van der Waals surface area contributed by atoms with E-state index in [1.54, 1.807) is 7.11 Å². The SMILES string of the molecule is COc1ccc(NC(=O)Cn2cnnn2)cc1Cc1ccccc1. The highest BCUT2D eigenvalue weighted by Gasteiger charge is 2.09. The number of benzene rings is 2. The Kier molecular flexibility index (Phi) is 4.81. The largest absolute Gasteiger partial charge is 0.496 e. The van der Waals surface area contributed by atoms with Gasteiger partial charge in [-0.3, -0.25) is 4.79 Å². The van der Waals surface area contributed by atoms with Gasteiger partial charge in [-0.15, -0.1) is 5.10 Å². The number of hydrogen-bond donors (Lipinski definition) is 1. The van der Waals surface area contributed by atoms with Crippen LogP contribution in [0, 0.1) is 0 Å². The van der Waals surface area contributed by atoms with E-state index in [4.69, 9.17) is 4.74 Å². The number of anilines is 1. The van der Waals surface area contributed by atoms with E-state index in [9.17, 15) is 4.79 Å². The van der Waals surface area contributed by atoms with Gasteiger partial charge in [-0.25, -0.2) is 4.68 Å². The van der Waals surface area contributed by atoms with Crippen molar-refractivity contribution in [3.63, 3.8) is 0 Å². The first-order valence-electron chi connectivity index (χ1n) is 7.46. The zero-order valence-corrected chi connectivity index (χ0v) is 13.2. The maximum atomic E-state index is 12.0. The number of aromatic nitrogens is 4. The maximum Gasteiger partial charge on any atom is 0.246 e. The Balaban J connectivity index is 1.74. The molecule has 1 aromatic heterocycles. The second-order valence-corrected chi connectivity index (χ2v) is 5.24. The number of nitrogens with one attached hydrogen (secondary N) is 1. The highest BCUT2D eigenvalue weighted by molar-refractivity contribution is 5.90. The van der Waals surface area contributed by atoms with Crippen LogP contribution in [-0.4, -0.2) is 33.2 Å². The van der Waals surface area contributed by atoms with E-state index in [0.29, 0.717) is 5.69 Å². The van der Waals surface area contributed by atoms with E-state index in [1.807, 2.05) is 36.4 Å². The van der Waals surface area contributed by atoms with Gasteiger partial charge in [0.2, 0.25) is 5.91 Å². The third kappa shape index (κ3) is 3.95. The molecule has 1 N–H and O–H groups in total. The molecular formula is C17H17N5O2. The van der Waals surface area contributed by atoms with E-state index in [0.717, 1.165) is 17.7 Å². The fraction of sp³-hybridized carbons (Fsp3) is 0.176. The van der Waals surface area contributed by atoms with Crippen LogP contribution in [-0.2, 0) is 17.8 Å². The molecule has 0 saturated heterocycles. The van der Waals surface area contributed by atoms with Crippen LogP contribution in [0.1, 0.15) is 11.1 Å². The van der Waals surface area contributed by atoms with Crippen molar-refractivity contribution in [2.75, 3.05) is 12.4 Å². The van der Waals surface area contributed by atoms with E-state index in [2.05, 4.69) is 33.0 Å². The minimum atomic E-state index is -0.196. The zero-order valence-electron chi connectivity index (χ0n) is 13.2. The summed E-state index contributed by atoms with van der Waals surface area (Å²) in [6, 6.07) is 15.7. The van der Waals surface area contributed by atoms with Crippen molar-refractivity contribution in [3.05, 3.63) is 66.0 Å². The van der Waals surface area contributed by atoms with Gasteiger partial charge >= 0.3 is 0 Å². The third-order valence-electron chi connectivity index (χ3n) is 3.50. The average molecular weight is 323 g/mol. The van der Waals surface area contributed by atoms with Crippen molar-refractivity contribution < 1.29 is 9.53 Å². The van der Waals surface area contributed by atoms with Gasteiger partial charge in [0, 0.05) is 17.7 Å². The Morgan fingerprint density at radius 2 is 2.04 bits per heavy atom. The Labute approximate surface area is 139 Å². The van der Waals surface area contributed by atoms with Gasteiger partial charge in [0.1, 0.15) is 18.6 Å². The number of hydrogen-bond acceptors (Lipinski definition) is 5. The first-order valence-corrected chi connectivity index (χ1v) is 7.46. The molecule has 0 saturated carbocycles. The maximum absolute atomic E-state index is 12.0. The van der Waals surface area contributed by atoms with Crippen LogP contribution in [0.25, 0.3) is 0 Å². The van der Waals surface area contributed by atoms with Crippen molar-refractivity contribution in [3.8, 4) is 5.75 Å². The fourth-order valence-electron chi connectivity index (χ4n) is 2.41. The molecule has 2 aromatic carbocycles. The summed E-state index contributed by atoms with van der Waals surface area (Å²) in [5, 5.41) is 13.5. The molecule has 3 aromatic rings. The number of carbonyl (C=O) groups is 1. The second kappa shape index (κ2) is 7.36. The lowest BCUT2D eigenvalue weighted by Crippen LogP contribution is -2.19. The van der Waals surface area contributed by atoms with Crippen molar-refractivity contribution >= 4 is 11.6 Å². The summed E-state index contributed by atoms with van der Waals surface area (Å²) in [5.41, 5.74) is 2.89. The molecule has 122 valence electrons. The molecule has 1 heterocycles. The lowest BCUT2D eigenvalue weighted by atomic mass is 10.0. The number of carbonyl (C=O) groups excluding carboxylic acids is 1. The number of rotatable bonds is 6. The minimum absolute atomic E-state index is 0.0625. The van der Waals surface area contributed by atoms with E-state index < -0.39 is 0 Å². The molecule has 0 aliphatic rings. The minimum Gasteiger partial charge on any atom is -0.496 e. The van der Waals surface area contributed by atoms with Gasteiger partial charge in [-0.05, 0) is 34.2 Å². The molecule has 0 spiro atoms. The summed E-state index contributed by atoms with van der Waals surface area (Å²) in [7, 11) is 1.64.